The third kappa shape index (κ3) is 3.35. The highest BCUT2D eigenvalue weighted by molar-refractivity contribution is 6.30. The Morgan fingerprint density at radius 2 is 2.00 bits per heavy atom. The molecule has 2 heterocycles. The highest BCUT2D eigenvalue weighted by Crippen LogP contribution is 2.30. The minimum atomic E-state index is 0.0207. The van der Waals surface area contributed by atoms with Crippen LogP contribution in [0.25, 0.3) is 11.4 Å². The number of hydrogen-bond acceptors (Lipinski definition) is 8. The average molecular weight is 323 g/mol. The summed E-state index contributed by atoms with van der Waals surface area (Å²) in [4.78, 5) is 12.4. The van der Waals surface area contributed by atoms with Gasteiger partial charge in [0.2, 0.25) is 11.9 Å². The van der Waals surface area contributed by atoms with Gasteiger partial charge in [-0.15, -0.1) is 0 Å². The Labute approximate surface area is 131 Å². The third-order valence-electron chi connectivity index (χ3n) is 3.12. The number of anilines is 2. The van der Waals surface area contributed by atoms with E-state index in [-0.39, 0.29) is 17.5 Å². The molecule has 0 spiro atoms. The summed E-state index contributed by atoms with van der Waals surface area (Å²) < 4.78 is 5.28. The van der Waals surface area contributed by atoms with Crippen LogP contribution in [0.15, 0.2) is 18.2 Å². The van der Waals surface area contributed by atoms with Gasteiger partial charge in [-0.25, -0.2) is 5.01 Å². The van der Waals surface area contributed by atoms with E-state index >= 15 is 0 Å². The maximum atomic E-state index is 9.94. The molecule has 0 atom stereocenters. The van der Waals surface area contributed by atoms with Gasteiger partial charge in [-0.05, 0) is 18.2 Å². The number of nitrogens with two attached hydrogens (primary N) is 1. The van der Waals surface area contributed by atoms with Crippen molar-refractivity contribution in [1.29, 1.82) is 0 Å². The monoisotopic (exact) mass is 322 g/mol. The predicted molar refractivity (Wildman–Crippen MR) is 82.4 cm³/mol. The number of hydrazine groups is 1. The Balaban J connectivity index is 1.90. The van der Waals surface area contributed by atoms with E-state index in [2.05, 4.69) is 20.4 Å². The van der Waals surface area contributed by atoms with Crippen LogP contribution in [0.3, 0.4) is 0 Å². The number of rotatable bonds is 3. The Hall–Kier alpha value is -2.16. The highest BCUT2D eigenvalue weighted by atomic mass is 35.5. The molecule has 1 aromatic heterocycles. The van der Waals surface area contributed by atoms with E-state index in [0.29, 0.717) is 42.8 Å². The van der Waals surface area contributed by atoms with Crippen LogP contribution in [0.2, 0.25) is 5.02 Å². The first-order valence-corrected chi connectivity index (χ1v) is 7.09. The molecule has 22 heavy (non-hydrogen) atoms. The van der Waals surface area contributed by atoms with Gasteiger partial charge in [0.15, 0.2) is 5.82 Å². The molecule has 1 aliphatic rings. The van der Waals surface area contributed by atoms with Crippen molar-refractivity contribution in [3.05, 3.63) is 23.2 Å². The molecule has 1 aromatic carbocycles. The largest absolute Gasteiger partial charge is 0.507 e. The minimum Gasteiger partial charge on any atom is -0.507 e. The van der Waals surface area contributed by atoms with E-state index in [0.717, 1.165) is 0 Å². The van der Waals surface area contributed by atoms with E-state index in [4.69, 9.17) is 22.1 Å². The topological polar surface area (TPSA) is 109 Å². The second-order valence-electron chi connectivity index (χ2n) is 4.71. The second-order valence-corrected chi connectivity index (χ2v) is 5.15. The maximum absolute atomic E-state index is 9.94. The average Bonchev–Trinajstić information content (AvgIpc) is 2.50. The molecule has 8 nitrogen and oxygen atoms in total. The molecule has 0 unspecified atom stereocenters. The van der Waals surface area contributed by atoms with Crippen LogP contribution in [0.4, 0.5) is 11.9 Å². The summed E-state index contributed by atoms with van der Waals surface area (Å²) in [7, 11) is 0. The minimum absolute atomic E-state index is 0.0207. The number of morpholine rings is 1. The quantitative estimate of drug-likeness (QED) is 0.771. The normalized spacial score (nSPS) is 15.7. The zero-order chi connectivity index (χ0) is 15.5. The molecular weight excluding hydrogens is 308 g/mol. The Bertz CT molecular complexity index is 678. The molecule has 1 saturated heterocycles. The van der Waals surface area contributed by atoms with Crippen LogP contribution in [-0.2, 0) is 4.74 Å². The fourth-order valence-electron chi connectivity index (χ4n) is 2.07. The number of nitrogens with zero attached hydrogens (tertiary/aromatic N) is 4. The lowest BCUT2D eigenvalue weighted by Gasteiger charge is -2.26. The molecule has 0 aliphatic carbocycles. The summed E-state index contributed by atoms with van der Waals surface area (Å²) in [5.74, 6) is 0.638. The van der Waals surface area contributed by atoms with Gasteiger partial charge in [0.1, 0.15) is 5.75 Å². The number of aromatic hydroxyl groups is 1. The summed E-state index contributed by atoms with van der Waals surface area (Å²) in [5, 5.41) is 12.3. The molecule has 1 aliphatic heterocycles. The van der Waals surface area contributed by atoms with Crippen LogP contribution >= 0.6 is 11.6 Å². The van der Waals surface area contributed by atoms with Crippen molar-refractivity contribution < 1.29 is 9.84 Å². The van der Waals surface area contributed by atoms with Gasteiger partial charge in [-0.2, -0.15) is 15.0 Å². The van der Waals surface area contributed by atoms with Gasteiger partial charge < -0.3 is 15.6 Å². The van der Waals surface area contributed by atoms with Gasteiger partial charge in [0.05, 0.1) is 18.8 Å². The van der Waals surface area contributed by atoms with Crippen molar-refractivity contribution in [2.24, 2.45) is 0 Å². The number of ether oxygens (including phenoxy) is 1. The lowest BCUT2D eigenvalue weighted by molar-refractivity contribution is 0.0492. The zero-order valence-electron chi connectivity index (χ0n) is 11.7. The van der Waals surface area contributed by atoms with Crippen molar-refractivity contribution in [1.82, 2.24) is 20.0 Å². The number of hydrogen-bond donors (Lipinski definition) is 3. The molecule has 1 fully saturated rings. The number of aromatic nitrogens is 3. The highest BCUT2D eigenvalue weighted by Gasteiger charge is 2.15. The van der Waals surface area contributed by atoms with Gasteiger partial charge in [-0.3, -0.25) is 5.43 Å². The summed E-state index contributed by atoms with van der Waals surface area (Å²) in [6.45, 7) is 2.69. The molecule has 0 radical (unpaired) electrons. The standard InChI is InChI=1S/C13H15ClN6O2/c14-8-1-2-10(21)9(7-8)11-16-12(15)18-13(17-11)19-20-3-5-22-6-4-20/h1-2,7,21H,3-6H2,(H3,15,16,17,18,19). The molecule has 9 heteroatoms. The van der Waals surface area contributed by atoms with Crippen molar-refractivity contribution in [2.45, 2.75) is 0 Å². The molecule has 4 N–H and O–H groups in total. The number of nitrogen functional groups attached to an aromatic ring is 1. The fraction of sp³-hybridized carbons (Fsp3) is 0.308. The predicted octanol–water partition coefficient (Wildman–Crippen LogP) is 1.14. The number of nitrogens with one attached hydrogen (secondary N) is 1. The Morgan fingerprint density at radius 1 is 1.23 bits per heavy atom. The lowest BCUT2D eigenvalue weighted by Crippen LogP contribution is -2.40. The molecule has 116 valence electrons. The summed E-state index contributed by atoms with van der Waals surface area (Å²) in [5.41, 5.74) is 9.19. The zero-order valence-corrected chi connectivity index (χ0v) is 12.4. The first kappa shape index (κ1) is 14.8. The summed E-state index contributed by atoms with van der Waals surface area (Å²) in [6, 6.07) is 4.63. The van der Waals surface area contributed by atoms with Gasteiger partial charge in [0.25, 0.3) is 0 Å². The first-order valence-electron chi connectivity index (χ1n) is 6.71. The van der Waals surface area contributed by atoms with Gasteiger partial charge >= 0.3 is 0 Å². The molecule has 2 aromatic rings. The number of phenols is 1. The van der Waals surface area contributed by atoms with Gasteiger partial charge in [-0.1, -0.05) is 11.6 Å². The maximum Gasteiger partial charge on any atom is 0.242 e. The van der Waals surface area contributed by atoms with Crippen molar-refractivity contribution in [3.63, 3.8) is 0 Å². The third-order valence-corrected chi connectivity index (χ3v) is 3.36. The van der Waals surface area contributed by atoms with Crippen molar-refractivity contribution >= 4 is 23.5 Å². The molecule has 3 rings (SSSR count). The van der Waals surface area contributed by atoms with E-state index in [1.807, 2.05) is 5.01 Å². The number of halogens is 1. The van der Waals surface area contributed by atoms with Crippen LogP contribution < -0.4 is 11.2 Å². The van der Waals surface area contributed by atoms with Crippen LogP contribution in [0, 0.1) is 0 Å². The van der Waals surface area contributed by atoms with E-state index in [1.54, 1.807) is 12.1 Å². The van der Waals surface area contributed by atoms with Crippen LogP contribution in [0.1, 0.15) is 0 Å². The van der Waals surface area contributed by atoms with E-state index in [9.17, 15) is 5.11 Å². The van der Waals surface area contributed by atoms with E-state index in [1.165, 1.54) is 6.07 Å². The number of benzene rings is 1. The molecule has 0 amide bonds. The smallest absolute Gasteiger partial charge is 0.242 e. The summed E-state index contributed by atoms with van der Waals surface area (Å²) >= 11 is 5.95. The summed E-state index contributed by atoms with van der Waals surface area (Å²) in [6.07, 6.45) is 0. The molecular formula is C13H15ClN6O2. The van der Waals surface area contributed by atoms with Gasteiger partial charge in [0, 0.05) is 18.1 Å². The van der Waals surface area contributed by atoms with Crippen LogP contribution in [0.5, 0.6) is 5.75 Å². The fourth-order valence-corrected chi connectivity index (χ4v) is 2.24. The van der Waals surface area contributed by atoms with Crippen LogP contribution in [-0.4, -0.2) is 51.4 Å². The Morgan fingerprint density at radius 3 is 2.77 bits per heavy atom. The number of phenolic OH excluding ortho intramolecular Hbond substituents is 1. The lowest BCUT2D eigenvalue weighted by atomic mass is 10.2. The SMILES string of the molecule is Nc1nc(NN2CCOCC2)nc(-c2cc(Cl)ccc2O)n1. The molecule has 0 bridgehead atoms. The van der Waals surface area contributed by atoms with E-state index < -0.39 is 0 Å². The molecule has 0 saturated carbocycles. The van der Waals surface area contributed by atoms with Crippen molar-refractivity contribution in [2.75, 3.05) is 37.5 Å². The van der Waals surface area contributed by atoms with Crippen molar-refractivity contribution in [3.8, 4) is 17.1 Å². The second kappa shape index (κ2) is 6.30. The Kier molecular flexibility index (Phi) is 4.23. The first-order chi connectivity index (χ1) is 10.6.